The van der Waals surface area contributed by atoms with Crippen LogP contribution in [0.2, 0.25) is 0 Å². The molecule has 76 valence electrons. The molecule has 1 aliphatic rings. The molecule has 4 heteroatoms. The Hall–Kier alpha value is -1.97. The molecule has 1 aliphatic heterocycles. The second-order valence-corrected chi connectivity index (χ2v) is 3.33. The van der Waals surface area contributed by atoms with Gasteiger partial charge < -0.3 is 0 Å². The quantitative estimate of drug-likeness (QED) is 0.652. The van der Waals surface area contributed by atoms with Crippen LogP contribution in [-0.2, 0) is 9.59 Å². The zero-order valence-electron chi connectivity index (χ0n) is 8.03. The highest BCUT2D eigenvalue weighted by molar-refractivity contribution is 6.28. The van der Waals surface area contributed by atoms with Crippen molar-refractivity contribution in [1.29, 1.82) is 0 Å². The fraction of sp³-hybridized carbons (Fsp3) is 0.0909. The molecule has 0 fully saturated rings. The first-order valence-electron chi connectivity index (χ1n) is 4.41. The highest BCUT2D eigenvalue weighted by Crippen LogP contribution is 2.21. The maximum Gasteiger partial charge on any atom is 0.258 e. The van der Waals surface area contributed by atoms with Gasteiger partial charge in [0.15, 0.2) is 0 Å². The minimum Gasteiger partial charge on any atom is -0.269 e. The number of amides is 2. The maximum absolute atomic E-state index is 13.1. The summed E-state index contributed by atoms with van der Waals surface area (Å²) in [4.78, 5) is 23.5. The minimum atomic E-state index is -0.461. The number of carbonyl (C=O) groups is 2. The summed E-state index contributed by atoms with van der Waals surface area (Å²) in [5.74, 6) is -1.34. The predicted molar refractivity (Wildman–Crippen MR) is 52.8 cm³/mol. The smallest absolute Gasteiger partial charge is 0.258 e. The molecule has 3 nitrogen and oxygen atoms in total. The SMILES string of the molecule is Cc1cc(F)cc(N2C(=O)C=CC2=O)c1. The van der Waals surface area contributed by atoms with E-state index >= 15 is 0 Å². The van der Waals surface area contributed by atoms with Crippen molar-refractivity contribution in [3.05, 3.63) is 41.7 Å². The van der Waals surface area contributed by atoms with Crippen LogP contribution in [0.25, 0.3) is 0 Å². The summed E-state index contributed by atoms with van der Waals surface area (Å²) in [7, 11) is 0. The van der Waals surface area contributed by atoms with Crippen molar-refractivity contribution >= 4 is 17.5 Å². The Bertz CT molecular complexity index is 441. The molecule has 1 aromatic carbocycles. The van der Waals surface area contributed by atoms with Crippen LogP contribution in [-0.4, -0.2) is 11.8 Å². The van der Waals surface area contributed by atoms with Crippen LogP contribution in [0.4, 0.5) is 10.1 Å². The molecule has 0 saturated carbocycles. The lowest BCUT2D eigenvalue weighted by molar-refractivity contribution is -0.119. The van der Waals surface area contributed by atoms with E-state index in [0.29, 0.717) is 5.56 Å². The fourth-order valence-electron chi connectivity index (χ4n) is 1.50. The van der Waals surface area contributed by atoms with Crippen LogP contribution in [0.1, 0.15) is 5.56 Å². The first-order chi connectivity index (χ1) is 7.08. The summed E-state index contributed by atoms with van der Waals surface area (Å²) in [6.07, 6.45) is 2.34. The molecule has 0 spiro atoms. The van der Waals surface area contributed by atoms with Crippen LogP contribution in [0.5, 0.6) is 0 Å². The monoisotopic (exact) mass is 205 g/mol. The number of nitrogens with zero attached hydrogens (tertiary/aromatic N) is 1. The first-order valence-corrected chi connectivity index (χ1v) is 4.41. The summed E-state index contributed by atoms with van der Waals surface area (Å²) < 4.78 is 13.1. The molecular weight excluding hydrogens is 197 g/mol. The molecule has 0 saturated heterocycles. The van der Waals surface area contributed by atoms with Gasteiger partial charge in [0.25, 0.3) is 11.8 Å². The van der Waals surface area contributed by atoms with Gasteiger partial charge in [0.1, 0.15) is 5.82 Å². The van der Waals surface area contributed by atoms with Gasteiger partial charge in [-0.25, -0.2) is 9.29 Å². The van der Waals surface area contributed by atoms with Crippen molar-refractivity contribution in [2.45, 2.75) is 6.92 Å². The Morgan fingerprint density at radius 1 is 1.07 bits per heavy atom. The van der Waals surface area contributed by atoms with Crippen molar-refractivity contribution in [1.82, 2.24) is 0 Å². The number of rotatable bonds is 1. The van der Waals surface area contributed by atoms with Gasteiger partial charge in [0, 0.05) is 12.2 Å². The van der Waals surface area contributed by atoms with Crippen LogP contribution >= 0.6 is 0 Å². The van der Waals surface area contributed by atoms with Gasteiger partial charge in [-0.05, 0) is 30.7 Å². The van der Waals surface area contributed by atoms with E-state index in [0.717, 1.165) is 11.0 Å². The zero-order valence-corrected chi connectivity index (χ0v) is 8.03. The Morgan fingerprint density at radius 3 is 2.20 bits per heavy atom. The van der Waals surface area contributed by atoms with Crippen LogP contribution < -0.4 is 4.90 Å². The van der Waals surface area contributed by atoms with E-state index in [9.17, 15) is 14.0 Å². The molecule has 15 heavy (non-hydrogen) atoms. The molecule has 2 amide bonds. The molecule has 0 atom stereocenters. The lowest BCUT2D eigenvalue weighted by atomic mass is 10.2. The summed E-state index contributed by atoms with van der Waals surface area (Å²) in [6.45, 7) is 1.70. The van der Waals surface area contributed by atoms with E-state index in [1.165, 1.54) is 18.2 Å². The minimum absolute atomic E-state index is 0.271. The zero-order chi connectivity index (χ0) is 11.0. The third-order valence-electron chi connectivity index (χ3n) is 2.09. The van der Waals surface area contributed by atoms with E-state index in [1.54, 1.807) is 13.0 Å². The van der Waals surface area contributed by atoms with Gasteiger partial charge in [-0.3, -0.25) is 9.59 Å². The van der Waals surface area contributed by atoms with Crippen LogP contribution in [0, 0.1) is 12.7 Å². The molecule has 1 aromatic rings. The molecule has 0 radical (unpaired) electrons. The van der Waals surface area contributed by atoms with Crippen molar-refractivity contribution in [3.8, 4) is 0 Å². The van der Waals surface area contributed by atoms with Crippen LogP contribution in [0.15, 0.2) is 30.4 Å². The van der Waals surface area contributed by atoms with Gasteiger partial charge in [0.2, 0.25) is 0 Å². The maximum atomic E-state index is 13.1. The molecule has 0 unspecified atom stereocenters. The van der Waals surface area contributed by atoms with E-state index in [2.05, 4.69) is 0 Å². The second kappa shape index (κ2) is 3.31. The Kier molecular flexibility index (Phi) is 2.11. The van der Waals surface area contributed by atoms with Crippen molar-refractivity contribution < 1.29 is 14.0 Å². The molecule has 1 heterocycles. The average Bonchev–Trinajstić information content (AvgIpc) is 2.44. The highest BCUT2D eigenvalue weighted by atomic mass is 19.1. The largest absolute Gasteiger partial charge is 0.269 e. The third kappa shape index (κ3) is 1.66. The Morgan fingerprint density at radius 2 is 1.67 bits per heavy atom. The molecule has 0 N–H and O–H groups in total. The topological polar surface area (TPSA) is 37.4 Å². The van der Waals surface area contributed by atoms with Gasteiger partial charge in [0.05, 0.1) is 5.69 Å². The lowest BCUT2D eigenvalue weighted by Crippen LogP contribution is -2.29. The number of imide groups is 1. The summed E-state index contributed by atoms with van der Waals surface area (Å²) in [5.41, 5.74) is 0.935. The third-order valence-corrected chi connectivity index (χ3v) is 2.09. The number of aryl methyl sites for hydroxylation is 1. The second-order valence-electron chi connectivity index (χ2n) is 3.33. The van der Waals surface area contributed by atoms with Gasteiger partial charge in [-0.2, -0.15) is 0 Å². The summed E-state index contributed by atoms with van der Waals surface area (Å²) >= 11 is 0. The van der Waals surface area contributed by atoms with Gasteiger partial charge in [-0.15, -0.1) is 0 Å². The van der Waals surface area contributed by atoms with E-state index in [4.69, 9.17) is 0 Å². The number of carbonyl (C=O) groups excluding carboxylic acids is 2. The Labute approximate surface area is 85.8 Å². The number of hydrogen-bond donors (Lipinski definition) is 0. The predicted octanol–water partition coefficient (Wildman–Crippen LogP) is 1.56. The molecule has 0 bridgehead atoms. The molecule has 2 rings (SSSR count). The van der Waals surface area contributed by atoms with Gasteiger partial charge >= 0.3 is 0 Å². The molecular formula is C11H8FNO2. The summed E-state index contributed by atoms with van der Waals surface area (Å²) in [5, 5.41) is 0. The number of anilines is 1. The molecule has 0 aliphatic carbocycles. The standard InChI is InChI=1S/C11H8FNO2/c1-7-4-8(12)6-9(5-7)13-10(14)2-3-11(13)15/h2-6H,1H3. The van der Waals surface area contributed by atoms with E-state index in [-0.39, 0.29) is 5.69 Å². The van der Waals surface area contributed by atoms with Crippen LogP contribution in [0.3, 0.4) is 0 Å². The van der Waals surface area contributed by atoms with E-state index in [1.807, 2.05) is 0 Å². The fourth-order valence-corrected chi connectivity index (χ4v) is 1.50. The van der Waals surface area contributed by atoms with Crippen molar-refractivity contribution in [2.24, 2.45) is 0 Å². The van der Waals surface area contributed by atoms with Crippen molar-refractivity contribution in [2.75, 3.05) is 4.90 Å². The number of halogens is 1. The summed E-state index contributed by atoms with van der Waals surface area (Å²) in [6, 6.07) is 4.09. The van der Waals surface area contributed by atoms with Crippen molar-refractivity contribution in [3.63, 3.8) is 0 Å². The normalized spacial score (nSPS) is 15.2. The number of hydrogen-bond acceptors (Lipinski definition) is 2. The highest BCUT2D eigenvalue weighted by Gasteiger charge is 2.25. The lowest BCUT2D eigenvalue weighted by Gasteiger charge is -2.14. The average molecular weight is 205 g/mol. The van der Waals surface area contributed by atoms with Gasteiger partial charge in [-0.1, -0.05) is 0 Å². The number of benzene rings is 1. The molecule has 0 aromatic heterocycles. The van der Waals surface area contributed by atoms with E-state index < -0.39 is 17.6 Å². The Balaban J connectivity index is 2.46. The first kappa shape index (κ1) is 9.58.